The summed E-state index contributed by atoms with van der Waals surface area (Å²) >= 11 is 1.46. The van der Waals surface area contributed by atoms with Gasteiger partial charge in [0.25, 0.3) is 0 Å². The molecule has 100 valence electrons. The van der Waals surface area contributed by atoms with Crippen molar-refractivity contribution in [1.82, 2.24) is 10.3 Å². The molecule has 0 fully saturated rings. The maximum atomic E-state index is 12.9. The molecule has 3 nitrogen and oxygen atoms in total. The molecule has 0 aliphatic heterocycles. The Balaban J connectivity index is 2.04. The first kappa shape index (κ1) is 13.7. The number of amides is 1. The Morgan fingerprint density at radius 1 is 1.37 bits per heavy atom. The highest BCUT2D eigenvalue weighted by Gasteiger charge is 2.23. The van der Waals surface area contributed by atoms with Gasteiger partial charge in [0.05, 0.1) is 23.2 Å². The van der Waals surface area contributed by atoms with Crippen molar-refractivity contribution in [2.24, 2.45) is 0 Å². The van der Waals surface area contributed by atoms with Gasteiger partial charge in [-0.15, -0.1) is 11.3 Å². The van der Waals surface area contributed by atoms with Crippen LogP contribution in [0.25, 0.3) is 0 Å². The van der Waals surface area contributed by atoms with Crippen molar-refractivity contribution in [1.29, 1.82) is 0 Å². The van der Waals surface area contributed by atoms with Crippen molar-refractivity contribution in [3.63, 3.8) is 0 Å². The number of rotatable bonds is 4. The first-order valence-electron chi connectivity index (χ1n) is 5.91. The van der Waals surface area contributed by atoms with Crippen LogP contribution in [-0.4, -0.2) is 10.9 Å². The average Bonchev–Trinajstić information content (AvgIpc) is 2.81. The maximum Gasteiger partial charge on any atom is 0.226 e. The zero-order valence-corrected chi connectivity index (χ0v) is 11.6. The van der Waals surface area contributed by atoms with Crippen LogP contribution in [0.5, 0.6) is 0 Å². The molecule has 0 radical (unpaired) electrons. The molecule has 1 amide bonds. The predicted molar refractivity (Wildman–Crippen MR) is 73.4 cm³/mol. The third-order valence-corrected chi connectivity index (χ3v) is 3.48. The van der Waals surface area contributed by atoms with Crippen LogP contribution < -0.4 is 5.32 Å². The summed E-state index contributed by atoms with van der Waals surface area (Å²) in [6.07, 6.45) is 0.258. The largest absolute Gasteiger partial charge is 0.347 e. The first-order valence-corrected chi connectivity index (χ1v) is 6.86. The number of hydrogen-bond acceptors (Lipinski definition) is 3. The van der Waals surface area contributed by atoms with Gasteiger partial charge in [0.15, 0.2) is 0 Å². The molecule has 19 heavy (non-hydrogen) atoms. The summed E-state index contributed by atoms with van der Waals surface area (Å²) in [4.78, 5) is 16.0. The van der Waals surface area contributed by atoms with Gasteiger partial charge in [-0.2, -0.15) is 0 Å². The molecule has 0 aliphatic rings. The summed E-state index contributed by atoms with van der Waals surface area (Å²) in [5.74, 6) is -0.381. The molecule has 0 spiro atoms. The van der Waals surface area contributed by atoms with Crippen LogP contribution in [0.4, 0.5) is 4.39 Å². The number of nitrogens with zero attached hydrogens (tertiary/aromatic N) is 1. The van der Waals surface area contributed by atoms with E-state index in [1.807, 2.05) is 19.2 Å². The molecule has 0 saturated heterocycles. The molecule has 1 heterocycles. The van der Waals surface area contributed by atoms with E-state index >= 15 is 0 Å². The normalized spacial score (nSPS) is 11.3. The zero-order chi connectivity index (χ0) is 13.9. The summed E-state index contributed by atoms with van der Waals surface area (Å²) in [6, 6.07) is 6.14. The van der Waals surface area contributed by atoms with Gasteiger partial charge in [0.1, 0.15) is 5.82 Å². The van der Waals surface area contributed by atoms with Crippen LogP contribution >= 0.6 is 11.3 Å². The molecule has 1 N–H and O–H groups in total. The number of carbonyl (C=O) groups excluding carboxylic acids is 1. The van der Waals surface area contributed by atoms with Crippen molar-refractivity contribution < 1.29 is 9.18 Å². The molecule has 1 aromatic heterocycles. The second-order valence-electron chi connectivity index (χ2n) is 4.84. The van der Waals surface area contributed by atoms with Crippen molar-refractivity contribution in [3.8, 4) is 0 Å². The SMILES string of the molecule is CC(C)(NC(=O)Cc1cscn1)c1ccc(F)cc1. The number of halogens is 1. The Morgan fingerprint density at radius 2 is 2.05 bits per heavy atom. The lowest BCUT2D eigenvalue weighted by Gasteiger charge is -2.26. The number of nitrogens with one attached hydrogen (secondary N) is 1. The highest BCUT2D eigenvalue weighted by Crippen LogP contribution is 2.20. The Hall–Kier alpha value is -1.75. The van der Waals surface area contributed by atoms with Crippen molar-refractivity contribution in [3.05, 3.63) is 52.2 Å². The topological polar surface area (TPSA) is 42.0 Å². The number of aromatic nitrogens is 1. The molecular weight excluding hydrogens is 263 g/mol. The van der Waals surface area contributed by atoms with E-state index in [2.05, 4.69) is 10.3 Å². The van der Waals surface area contributed by atoms with Crippen LogP contribution in [0.15, 0.2) is 35.2 Å². The first-order chi connectivity index (χ1) is 8.97. The summed E-state index contributed by atoms with van der Waals surface area (Å²) in [5.41, 5.74) is 2.78. The van der Waals surface area contributed by atoms with Gasteiger partial charge in [-0.3, -0.25) is 4.79 Å². The minimum absolute atomic E-state index is 0.0970. The van der Waals surface area contributed by atoms with Crippen molar-refractivity contribution >= 4 is 17.2 Å². The quantitative estimate of drug-likeness (QED) is 0.934. The maximum absolute atomic E-state index is 12.9. The molecule has 0 saturated carbocycles. The van der Waals surface area contributed by atoms with Crippen LogP contribution in [0.2, 0.25) is 0 Å². The van der Waals surface area contributed by atoms with Crippen LogP contribution in [0.3, 0.4) is 0 Å². The smallest absolute Gasteiger partial charge is 0.226 e. The van der Waals surface area contributed by atoms with Gasteiger partial charge in [-0.25, -0.2) is 9.37 Å². The number of benzene rings is 1. The van der Waals surface area contributed by atoms with E-state index in [1.54, 1.807) is 17.6 Å². The average molecular weight is 278 g/mol. The third kappa shape index (κ3) is 3.61. The minimum Gasteiger partial charge on any atom is -0.347 e. The van der Waals surface area contributed by atoms with Gasteiger partial charge in [0, 0.05) is 5.38 Å². The highest BCUT2D eigenvalue weighted by molar-refractivity contribution is 7.07. The molecule has 0 atom stereocenters. The lowest BCUT2D eigenvalue weighted by Crippen LogP contribution is -2.41. The molecule has 1 aromatic carbocycles. The standard InChI is InChI=1S/C14H15FN2OS/c1-14(2,10-3-5-11(15)6-4-10)17-13(18)7-12-8-19-9-16-12/h3-6,8-9H,7H2,1-2H3,(H,17,18). The molecule has 0 aliphatic carbocycles. The monoisotopic (exact) mass is 278 g/mol. The van der Waals surface area contributed by atoms with E-state index in [4.69, 9.17) is 0 Å². The second kappa shape index (κ2) is 5.48. The Morgan fingerprint density at radius 3 is 2.63 bits per heavy atom. The van der Waals surface area contributed by atoms with Crippen LogP contribution in [0, 0.1) is 5.82 Å². The van der Waals surface area contributed by atoms with Gasteiger partial charge in [-0.05, 0) is 31.5 Å². The summed E-state index contributed by atoms with van der Waals surface area (Å²) in [5, 5.41) is 4.79. The van der Waals surface area contributed by atoms with Gasteiger partial charge in [0.2, 0.25) is 5.91 Å². The van der Waals surface area contributed by atoms with Crippen LogP contribution in [-0.2, 0) is 16.8 Å². The molecular formula is C14H15FN2OS. The fourth-order valence-electron chi connectivity index (χ4n) is 1.82. The Kier molecular flexibility index (Phi) is 3.95. The summed E-state index contributed by atoms with van der Waals surface area (Å²) in [6.45, 7) is 3.78. The highest BCUT2D eigenvalue weighted by atomic mass is 32.1. The molecule has 0 unspecified atom stereocenters. The van der Waals surface area contributed by atoms with Gasteiger partial charge in [-0.1, -0.05) is 12.1 Å². The zero-order valence-electron chi connectivity index (χ0n) is 10.8. The van der Waals surface area contributed by atoms with E-state index in [9.17, 15) is 9.18 Å². The number of thiazole rings is 1. The lowest BCUT2D eigenvalue weighted by molar-refractivity contribution is -0.122. The second-order valence-corrected chi connectivity index (χ2v) is 5.56. The van der Waals surface area contributed by atoms with Crippen molar-refractivity contribution in [2.45, 2.75) is 25.8 Å². The molecule has 2 aromatic rings. The molecule has 5 heteroatoms. The number of carbonyl (C=O) groups is 1. The van der Waals surface area contributed by atoms with E-state index in [1.165, 1.54) is 23.5 Å². The fourth-order valence-corrected chi connectivity index (χ4v) is 2.38. The minimum atomic E-state index is -0.541. The van der Waals surface area contributed by atoms with E-state index < -0.39 is 5.54 Å². The fraction of sp³-hybridized carbons (Fsp3) is 0.286. The summed E-state index contributed by atoms with van der Waals surface area (Å²) < 4.78 is 12.9. The molecule has 0 bridgehead atoms. The summed E-state index contributed by atoms with van der Waals surface area (Å²) in [7, 11) is 0. The Labute approximate surface area is 115 Å². The van der Waals surface area contributed by atoms with Gasteiger partial charge >= 0.3 is 0 Å². The van der Waals surface area contributed by atoms with E-state index in [0.29, 0.717) is 0 Å². The van der Waals surface area contributed by atoms with E-state index in [0.717, 1.165) is 11.3 Å². The lowest BCUT2D eigenvalue weighted by atomic mass is 9.94. The van der Waals surface area contributed by atoms with Crippen LogP contribution in [0.1, 0.15) is 25.1 Å². The predicted octanol–water partition coefficient (Wildman–Crippen LogP) is 2.88. The van der Waals surface area contributed by atoms with Crippen molar-refractivity contribution in [2.75, 3.05) is 0 Å². The molecule has 2 rings (SSSR count). The van der Waals surface area contributed by atoms with E-state index in [-0.39, 0.29) is 18.1 Å². The number of hydrogen-bond donors (Lipinski definition) is 1. The van der Waals surface area contributed by atoms with Gasteiger partial charge < -0.3 is 5.32 Å². The Bertz CT molecular complexity index is 549. The third-order valence-electron chi connectivity index (χ3n) is 2.84.